The monoisotopic (exact) mass is 322 g/mol. The maximum atomic E-state index is 14.4. The van der Waals surface area contributed by atoms with Crippen LogP contribution in [0.1, 0.15) is 25.8 Å². The minimum atomic E-state index is -3.85. The lowest BCUT2D eigenvalue weighted by atomic mass is 10.2. The first-order valence-corrected chi connectivity index (χ1v) is 8.31. The fraction of sp³-hybridized carbons (Fsp3) is 0.538. The largest absolute Gasteiger partial charge is 0.313 e. The van der Waals surface area contributed by atoms with E-state index < -0.39 is 15.8 Å². The molecule has 0 radical (unpaired) electrons. The van der Waals surface area contributed by atoms with Crippen molar-refractivity contribution in [3.8, 4) is 0 Å². The van der Waals surface area contributed by atoms with Crippen molar-refractivity contribution in [2.75, 3.05) is 20.1 Å². The summed E-state index contributed by atoms with van der Waals surface area (Å²) in [5.74, 6) is -0.738. The number of nitrogens with one attached hydrogen (secondary N) is 1. The molecule has 0 unspecified atom stereocenters. The van der Waals surface area contributed by atoms with Crippen molar-refractivity contribution in [3.05, 3.63) is 28.5 Å². The van der Waals surface area contributed by atoms with Crippen LogP contribution in [-0.2, 0) is 16.6 Å². The second-order valence-corrected chi connectivity index (χ2v) is 6.92. The second kappa shape index (κ2) is 7.36. The van der Waals surface area contributed by atoms with Gasteiger partial charge in [0, 0.05) is 30.7 Å². The van der Waals surface area contributed by atoms with Crippen LogP contribution in [0.25, 0.3) is 0 Å². The van der Waals surface area contributed by atoms with E-state index >= 15 is 0 Å². The minimum Gasteiger partial charge on any atom is -0.313 e. The lowest BCUT2D eigenvalue weighted by Gasteiger charge is -2.17. The van der Waals surface area contributed by atoms with Crippen LogP contribution in [0, 0.1) is 5.82 Å². The van der Waals surface area contributed by atoms with Crippen molar-refractivity contribution in [3.63, 3.8) is 0 Å². The summed E-state index contributed by atoms with van der Waals surface area (Å²) in [4.78, 5) is -0.373. The summed E-state index contributed by atoms with van der Waals surface area (Å²) >= 11 is 5.91. The number of hydrogen-bond acceptors (Lipinski definition) is 3. The average molecular weight is 323 g/mol. The number of hydrogen-bond donors (Lipinski definition) is 1. The molecule has 0 saturated carbocycles. The molecule has 0 aromatic heterocycles. The molecule has 1 aromatic carbocycles. The third-order valence-corrected chi connectivity index (χ3v) is 5.11. The molecular weight excluding hydrogens is 303 g/mol. The molecule has 0 heterocycles. The minimum absolute atomic E-state index is 0.211. The van der Waals surface area contributed by atoms with Gasteiger partial charge in [0.2, 0.25) is 10.0 Å². The van der Waals surface area contributed by atoms with E-state index in [1.807, 2.05) is 6.92 Å². The fourth-order valence-electron chi connectivity index (χ4n) is 1.67. The van der Waals surface area contributed by atoms with E-state index in [-0.39, 0.29) is 28.6 Å². The molecule has 0 atom stereocenters. The number of halogens is 2. The van der Waals surface area contributed by atoms with Gasteiger partial charge in [0.1, 0.15) is 10.7 Å². The van der Waals surface area contributed by atoms with Gasteiger partial charge in [-0.1, -0.05) is 25.4 Å². The molecule has 0 aliphatic rings. The standard InChI is InChI=1S/C13H20ClFN2O2S/c1-4-6-16-9-10-7-11(14)8-12(13(10)15)20(18,19)17(3)5-2/h7-8,16H,4-6,9H2,1-3H3. The molecule has 0 bridgehead atoms. The molecule has 1 N–H and O–H groups in total. The van der Waals surface area contributed by atoms with E-state index in [1.165, 1.54) is 13.1 Å². The molecule has 7 heteroatoms. The van der Waals surface area contributed by atoms with Crippen LogP contribution in [0.3, 0.4) is 0 Å². The molecule has 1 rings (SSSR count). The number of sulfonamides is 1. The Balaban J connectivity index is 3.21. The zero-order valence-corrected chi connectivity index (χ0v) is 13.5. The van der Waals surface area contributed by atoms with E-state index in [2.05, 4.69) is 5.32 Å². The summed E-state index contributed by atoms with van der Waals surface area (Å²) in [6.07, 6.45) is 0.909. The van der Waals surface area contributed by atoms with Gasteiger partial charge in [-0.05, 0) is 25.1 Å². The van der Waals surface area contributed by atoms with Gasteiger partial charge >= 0.3 is 0 Å². The predicted molar refractivity (Wildman–Crippen MR) is 78.9 cm³/mol. The highest BCUT2D eigenvalue weighted by Gasteiger charge is 2.25. The van der Waals surface area contributed by atoms with Gasteiger partial charge in [-0.3, -0.25) is 0 Å². The normalized spacial score (nSPS) is 12.1. The Labute approximate surface area is 125 Å². The first kappa shape index (κ1) is 17.4. The first-order chi connectivity index (χ1) is 9.34. The third kappa shape index (κ3) is 3.91. The number of rotatable bonds is 7. The van der Waals surface area contributed by atoms with Crippen LogP contribution in [0.2, 0.25) is 5.02 Å². The molecule has 0 spiro atoms. The van der Waals surface area contributed by atoms with Crippen LogP contribution < -0.4 is 5.32 Å². The summed E-state index contributed by atoms with van der Waals surface area (Å²) in [7, 11) is -2.44. The van der Waals surface area contributed by atoms with Crippen molar-refractivity contribution < 1.29 is 12.8 Å². The fourth-order valence-corrected chi connectivity index (χ4v) is 3.29. The Morgan fingerprint density at radius 1 is 1.35 bits per heavy atom. The molecule has 20 heavy (non-hydrogen) atoms. The van der Waals surface area contributed by atoms with E-state index in [1.54, 1.807) is 6.92 Å². The van der Waals surface area contributed by atoms with Crippen LogP contribution >= 0.6 is 11.6 Å². The summed E-state index contributed by atoms with van der Waals surface area (Å²) in [5.41, 5.74) is 0.258. The second-order valence-electron chi connectivity index (χ2n) is 4.47. The summed E-state index contributed by atoms with van der Waals surface area (Å²) < 4.78 is 39.9. The zero-order chi connectivity index (χ0) is 15.3. The van der Waals surface area contributed by atoms with Gasteiger partial charge < -0.3 is 5.32 Å². The molecule has 0 fully saturated rings. The van der Waals surface area contributed by atoms with Crippen LogP contribution in [-0.4, -0.2) is 32.9 Å². The topological polar surface area (TPSA) is 49.4 Å². The van der Waals surface area contributed by atoms with Crippen molar-refractivity contribution >= 4 is 21.6 Å². The smallest absolute Gasteiger partial charge is 0.245 e. The van der Waals surface area contributed by atoms with E-state index in [0.29, 0.717) is 0 Å². The molecule has 0 amide bonds. The Bertz CT molecular complexity index is 564. The maximum absolute atomic E-state index is 14.4. The highest BCUT2D eigenvalue weighted by Crippen LogP contribution is 2.25. The highest BCUT2D eigenvalue weighted by molar-refractivity contribution is 7.89. The van der Waals surface area contributed by atoms with Gasteiger partial charge in [0.25, 0.3) is 0 Å². The Morgan fingerprint density at radius 3 is 2.55 bits per heavy atom. The van der Waals surface area contributed by atoms with Crippen LogP contribution in [0.15, 0.2) is 17.0 Å². The molecule has 0 saturated heterocycles. The highest BCUT2D eigenvalue weighted by atomic mass is 35.5. The SMILES string of the molecule is CCCNCc1cc(Cl)cc(S(=O)(=O)N(C)CC)c1F. The average Bonchev–Trinajstić information content (AvgIpc) is 2.41. The maximum Gasteiger partial charge on any atom is 0.245 e. The number of benzene rings is 1. The van der Waals surface area contributed by atoms with Gasteiger partial charge in [-0.2, -0.15) is 0 Å². The van der Waals surface area contributed by atoms with Gasteiger partial charge in [0.05, 0.1) is 0 Å². The van der Waals surface area contributed by atoms with E-state index in [9.17, 15) is 12.8 Å². The molecule has 0 aliphatic heterocycles. The Hall–Kier alpha value is -0.690. The lowest BCUT2D eigenvalue weighted by Crippen LogP contribution is -2.28. The zero-order valence-electron chi connectivity index (χ0n) is 11.9. The van der Waals surface area contributed by atoms with Crippen LogP contribution in [0.5, 0.6) is 0 Å². The third-order valence-electron chi connectivity index (χ3n) is 2.96. The summed E-state index contributed by atoms with van der Waals surface area (Å²) in [6, 6.07) is 2.60. The van der Waals surface area contributed by atoms with Crippen molar-refractivity contribution in [1.29, 1.82) is 0 Å². The quantitative estimate of drug-likeness (QED) is 0.785. The Kier molecular flexibility index (Phi) is 6.39. The molecule has 1 aromatic rings. The lowest BCUT2D eigenvalue weighted by molar-refractivity contribution is 0.475. The molecule has 0 aliphatic carbocycles. The number of nitrogens with zero attached hydrogens (tertiary/aromatic N) is 1. The van der Waals surface area contributed by atoms with E-state index in [0.717, 1.165) is 23.3 Å². The van der Waals surface area contributed by atoms with Gasteiger partial charge in [-0.15, -0.1) is 0 Å². The molecular formula is C13H20ClFN2O2S. The summed E-state index contributed by atoms with van der Waals surface area (Å²) in [5, 5.41) is 3.25. The molecule has 114 valence electrons. The van der Waals surface area contributed by atoms with Crippen molar-refractivity contribution in [2.24, 2.45) is 0 Å². The van der Waals surface area contributed by atoms with Crippen molar-refractivity contribution in [2.45, 2.75) is 31.7 Å². The Morgan fingerprint density at radius 2 is 2.00 bits per heavy atom. The predicted octanol–water partition coefficient (Wildman–Crippen LogP) is 2.62. The van der Waals surface area contributed by atoms with Crippen molar-refractivity contribution in [1.82, 2.24) is 9.62 Å². The summed E-state index contributed by atoms with van der Waals surface area (Å²) in [6.45, 7) is 4.91. The van der Waals surface area contributed by atoms with Gasteiger partial charge in [0.15, 0.2) is 0 Å². The van der Waals surface area contributed by atoms with E-state index in [4.69, 9.17) is 11.6 Å². The first-order valence-electron chi connectivity index (χ1n) is 6.49. The van der Waals surface area contributed by atoms with Crippen LogP contribution in [0.4, 0.5) is 4.39 Å². The molecule has 4 nitrogen and oxygen atoms in total. The van der Waals surface area contributed by atoms with Gasteiger partial charge in [-0.25, -0.2) is 17.1 Å².